The van der Waals surface area contributed by atoms with E-state index in [0.29, 0.717) is 23.5 Å². The maximum Gasteiger partial charge on any atom is 0.301 e. The fraction of sp³-hybridized carbons (Fsp3) is 0.348. The van der Waals surface area contributed by atoms with Crippen molar-refractivity contribution >= 4 is 26.8 Å². The van der Waals surface area contributed by atoms with E-state index >= 15 is 0 Å². The molecule has 1 saturated heterocycles. The predicted octanol–water partition coefficient (Wildman–Crippen LogP) is 3.69. The Morgan fingerprint density at radius 2 is 2.00 bits per heavy atom. The topological polar surface area (TPSA) is 117 Å². The third-order valence-electron chi connectivity index (χ3n) is 6.76. The minimum Gasteiger partial charge on any atom is -0.453 e. The molecule has 2 fully saturated rings. The van der Waals surface area contributed by atoms with Crippen molar-refractivity contribution in [3.63, 3.8) is 0 Å². The lowest BCUT2D eigenvalue weighted by molar-refractivity contribution is -0.0889. The van der Waals surface area contributed by atoms with Crippen LogP contribution in [0, 0.1) is 28.4 Å². The van der Waals surface area contributed by atoms with Gasteiger partial charge in [0.25, 0.3) is 12.0 Å². The van der Waals surface area contributed by atoms with E-state index in [1.165, 1.54) is 12.1 Å². The first-order valence-corrected chi connectivity index (χ1v) is 12.7. The largest absolute Gasteiger partial charge is 0.453 e. The molecule has 3 aromatic rings. The van der Waals surface area contributed by atoms with Crippen LogP contribution >= 0.6 is 0 Å². The Balaban J connectivity index is 1.47. The fourth-order valence-electron chi connectivity index (χ4n) is 4.54. The lowest BCUT2D eigenvalue weighted by Gasteiger charge is -2.56. The number of aromatic nitrogens is 2. The summed E-state index contributed by atoms with van der Waals surface area (Å²) < 4.78 is 103. The van der Waals surface area contributed by atoms with Gasteiger partial charge in [-0.1, -0.05) is 0 Å². The Hall–Kier alpha value is -3.77. The Kier molecular flexibility index (Phi) is 6.27. The first-order valence-electron chi connectivity index (χ1n) is 11.2. The van der Waals surface area contributed by atoms with Crippen molar-refractivity contribution in [3.8, 4) is 17.6 Å². The van der Waals surface area contributed by atoms with Crippen LogP contribution in [0.15, 0.2) is 35.4 Å². The number of nitrogens with zero attached hydrogens (tertiary/aromatic N) is 4. The van der Waals surface area contributed by atoms with E-state index in [4.69, 9.17) is 4.74 Å². The molecule has 0 amide bonds. The van der Waals surface area contributed by atoms with Gasteiger partial charge >= 0.3 is 10.2 Å². The molecule has 2 aliphatic rings. The minimum atomic E-state index is -4.34. The summed E-state index contributed by atoms with van der Waals surface area (Å²) in [6.07, 6.45) is -2.14. The van der Waals surface area contributed by atoms with E-state index < -0.39 is 69.0 Å². The van der Waals surface area contributed by atoms with E-state index in [1.54, 1.807) is 6.07 Å². The average Bonchev–Trinajstić information content (AvgIpc) is 2.82. The van der Waals surface area contributed by atoms with Gasteiger partial charge in [-0.25, -0.2) is 22.5 Å². The molecule has 0 radical (unpaired) electrons. The molecular formula is C23H18F5N5O4S. The zero-order valence-electron chi connectivity index (χ0n) is 19.3. The Bertz CT molecular complexity index is 1650. The second-order valence-electron chi connectivity index (χ2n) is 9.15. The number of anilines is 1. The van der Waals surface area contributed by atoms with Crippen LogP contribution in [0.25, 0.3) is 10.9 Å². The molecule has 0 bridgehead atoms. The summed E-state index contributed by atoms with van der Waals surface area (Å²) >= 11 is 0. The van der Waals surface area contributed by atoms with E-state index in [-0.39, 0.29) is 29.7 Å². The van der Waals surface area contributed by atoms with Crippen molar-refractivity contribution in [2.24, 2.45) is 5.41 Å². The van der Waals surface area contributed by atoms with Crippen LogP contribution in [0.5, 0.6) is 11.5 Å². The highest BCUT2D eigenvalue weighted by atomic mass is 32.2. The lowest BCUT2D eigenvalue weighted by atomic mass is 9.63. The number of hydrogen-bond acceptors (Lipinski definition) is 6. The normalized spacial score (nSPS) is 18.7. The Labute approximate surface area is 212 Å². The molecule has 200 valence electrons. The van der Waals surface area contributed by atoms with Gasteiger partial charge in [0.15, 0.2) is 11.6 Å². The van der Waals surface area contributed by atoms with Crippen LogP contribution in [0.2, 0.25) is 0 Å². The third-order valence-corrected chi connectivity index (χ3v) is 8.18. The molecule has 1 aromatic heterocycles. The molecule has 1 spiro atoms. The van der Waals surface area contributed by atoms with Gasteiger partial charge in [0.2, 0.25) is 5.82 Å². The molecule has 2 heterocycles. The Morgan fingerprint density at radius 3 is 2.61 bits per heavy atom. The van der Waals surface area contributed by atoms with Gasteiger partial charge in [-0.05, 0) is 31.0 Å². The monoisotopic (exact) mass is 555 g/mol. The van der Waals surface area contributed by atoms with E-state index in [0.717, 1.165) is 16.7 Å². The maximum absolute atomic E-state index is 14.7. The van der Waals surface area contributed by atoms with Crippen LogP contribution in [-0.4, -0.2) is 48.0 Å². The van der Waals surface area contributed by atoms with Crippen LogP contribution in [0.3, 0.4) is 0 Å². The Morgan fingerprint density at radius 1 is 1.26 bits per heavy atom. The molecule has 38 heavy (non-hydrogen) atoms. The van der Waals surface area contributed by atoms with Crippen molar-refractivity contribution in [1.82, 2.24) is 13.9 Å². The predicted molar refractivity (Wildman–Crippen MR) is 124 cm³/mol. The summed E-state index contributed by atoms with van der Waals surface area (Å²) in [4.78, 5) is 16.5. The van der Waals surface area contributed by atoms with Gasteiger partial charge in [-0.15, -0.1) is 0 Å². The molecular weight excluding hydrogens is 537 g/mol. The molecule has 1 aliphatic carbocycles. The van der Waals surface area contributed by atoms with Crippen LogP contribution in [0.1, 0.15) is 18.4 Å². The third kappa shape index (κ3) is 4.33. The number of hydrogen-bond donors (Lipinski definition) is 1. The SMILES string of the molecule is N#Cc1c(NS(=O)(=O)N2CC3(CCC3F)C2)cc(F)c(F)c1Oc1ccc2ncn(CC(F)F)c(=O)c2c1. The van der Waals surface area contributed by atoms with Crippen molar-refractivity contribution in [2.75, 3.05) is 17.8 Å². The molecule has 1 unspecified atom stereocenters. The smallest absolute Gasteiger partial charge is 0.301 e. The molecule has 15 heteroatoms. The highest BCUT2D eigenvalue weighted by molar-refractivity contribution is 7.90. The van der Waals surface area contributed by atoms with Crippen molar-refractivity contribution in [3.05, 3.63) is 58.1 Å². The van der Waals surface area contributed by atoms with Crippen LogP contribution in [-0.2, 0) is 16.8 Å². The molecule has 9 nitrogen and oxygen atoms in total. The van der Waals surface area contributed by atoms with Crippen molar-refractivity contribution < 1.29 is 35.1 Å². The van der Waals surface area contributed by atoms with Crippen molar-refractivity contribution in [1.29, 1.82) is 5.26 Å². The molecule has 1 N–H and O–H groups in total. The number of ether oxygens (including phenoxy) is 1. The molecule has 5 rings (SSSR count). The van der Waals surface area contributed by atoms with E-state index in [9.17, 15) is 40.4 Å². The van der Waals surface area contributed by atoms with Gasteiger partial charge in [-0.2, -0.15) is 22.4 Å². The highest BCUT2D eigenvalue weighted by Gasteiger charge is 2.58. The summed E-state index contributed by atoms with van der Waals surface area (Å²) in [7, 11) is -4.34. The number of nitriles is 1. The van der Waals surface area contributed by atoms with Gasteiger partial charge in [0.05, 0.1) is 29.5 Å². The molecule has 1 saturated carbocycles. The summed E-state index contributed by atoms with van der Waals surface area (Å²) in [5.41, 5.74) is -2.79. The zero-order valence-corrected chi connectivity index (χ0v) is 20.1. The van der Waals surface area contributed by atoms with E-state index in [2.05, 4.69) is 4.98 Å². The summed E-state index contributed by atoms with van der Waals surface area (Å²) in [5.74, 6) is -4.39. The quantitative estimate of drug-likeness (QED) is 0.445. The summed E-state index contributed by atoms with van der Waals surface area (Å²) in [6.45, 7) is -1.10. The van der Waals surface area contributed by atoms with Gasteiger partial charge in [0.1, 0.15) is 23.6 Å². The standard InChI is InChI=1S/C23H18F5N5O4S/c24-15-6-17(31-38(35,36)33-9-23(10-33)4-3-18(23)25)14(7-29)21(20(15)28)37-12-1-2-16-13(5-12)22(34)32(11-30-16)8-19(26)27/h1-2,5-6,11,18-19,31H,3-4,8-10H2. The second-order valence-corrected chi connectivity index (χ2v) is 10.8. The first-order chi connectivity index (χ1) is 17.9. The number of halogens is 5. The van der Waals surface area contributed by atoms with Gasteiger partial charge in [-0.3, -0.25) is 14.1 Å². The molecule has 1 aliphatic heterocycles. The van der Waals surface area contributed by atoms with Gasteiger partial charge in [0, 0.05) is 24.6 Å². The number of benzene rings is 2. The maximum atomic E-state index is 14.7. The summed E-state index contributed by atoms with van der Waals surface area (Å²) in [5, 5.41) is 9.48. The minimum absolute atomic E-state index is 0.0906. The lowest BCUT2D eigenvalue weighted by Crippen LogP contribution is -2.67. The average molecular weight is 555 g/mol. The van der Waals surface area contributed by atoms with Gasteiger partial charge < -0.3 is 4.74 Å². The van der Waals surface area contributed by atoms with Crippen LogP contribution in [0.4, 0.5) is 27.6 Å². The number of nitrogens with one attached hydrogen (secondary N) is 1. The number of fused-ring (bicyclic) bond motifs is 1. The number of rotatable bonds is 7. The first kappa shape index (κ1) is 25.9. The highest BCUT2D eigenvalue weighted by Crippen LogP contribution is 2.51. The molecule has 2 aromatic carbocycles. The molecule has 1 atom stereocenters. The second kappa shape index (κ2) is 9.21. The van der Waals surface area contributed by atoms with E-state index in [1.807, 2.05) is 4.72 Å². The number of alkyl halides is 3. The summed E-state index contributed by atoms with van der Waals surface area (Å²) in [6, 6.07) is 5.58. The van der Waals surface area contributed by atoms with Crippen LogP contribution < -0.4 is 15.0 Å². The van der Waals surface area contributed by atoms with Crippen molar-refractivity contribution in [2.45, 2.75) is 32.0 Å². The zero-order chi connectivity index (χ0) is 27.4. The fourth-order valence-corrected chi connectivity index (χ4v) is 5.96.